The Balaban J connectivity index is 1.73. The fourth-order valence-electron chi connectivity index (χ4n) is 4.55. The van der Waals surface area contributed by atoms with Gasteiger partial charge in [0, 0.05) is 29.6 Å². The topological polar surface area (TPSA) is 48.6 Å². The van der Waals surface area contributed by atoms with Crippen LogP contribution in [0.25, 0.3) is 10.9 Å². The van der Waals surface area contributed by atoms with Gasteiger partial charge in [0.25, 0.3) is 5.91 Å². The Hall–Kier alpha value is -2.86. The highest BCUT2D eigenvalue weighted by Gasteiger charge is 2.49. The summed E-state index contributed by atoms with van der Waals surface area (Å²) in [5, 5.41) is 1.80. The molecule has 1 aromatic heterocycles. The van der Waals surface area contributed by atoms with Crippen LogP contribution in [0.15, 0.2) is 48.5 Å². The smallest absolute Gasteiger partial charge is 0.251 e. The normalized spacial score (nSPS) is 21.2. The van der Waals surface area contributed by atoms with E-state index in [2.05, 4.69) is 34.1 Å². The summed E-state index contributed by atoms with van der Waals surface area (Å²) in [6, 6.07) is 15.9. The summed E-state index contributed by atoms with van der Waals surface area (Å²) in [5.74, 6) is 0.908. The van der Waals surface area contributed by atoms with Gasteiger partial charge in [-0.25, -0.2) is 0 Å². The van der Waals surface area contributed by atoms with E-state index in [1.165, 1.54) is 10.9 Å². The predicted molar refractivity (Wildman–Crippen MR) is 112 cm³/mol. The van der Waals surface area contributed by atoms with Crippen molar-refractivity contribution in [3.8, 4) is 5.75 Å². The SMILES string of the molecule is CCN1C(=O)[C@@H]2Cc3c([nH]c4ccccc34)[C@H](c3ccc(OC)cc3)N2C1=S. The van der Waals surface area contributed by atoms with Crippen LogP contribution in [-0.4, -0.2) is 45.5 Å². The molecule has 1 fully saturated rings. The van der Waals surface area contributed by atoms with E-state index >= 15 is 0 Å². The Kier molecular flexibility index (Phi) is 3.91. The van der Waals surface area contributed by atoms with Gasteiger partial charge in [-0.2, -0.15) is 0 Å². The Morgan fingerprint density at radius 2 is 1.93 bits per heavy atom. The molecule has 1 saturated heterocycles. The minimum atomic E-state index is -0.258. The molecule has 3 heterocycles. The molecule has 0 unspecified atom stereocenters. The molecule has 0 aliphatic carbocycles. The maximum atomic E-state index is 13.1. The second-order valence-corrected chi connectivity index (χ2v) is 7.60. The Morgan fingerprint density at radius 3 is 2.64 bits per heavy atom. The number of rotatable bonds is 3. The third-order valence-electron chi connectivity index (χ3n) is 5.88. The Labute approximate surface area is 168 Å². The largest absolute Gasteiger partial charge is 0.497 e. The highest BCUT2D eigenvalue weighted by Crippen LogP contribution is 2.44. The maximum Gasteiger partial charge on any atom is 0.251 e. The van der Waals surface area contributed by atoms with E-state index in [1.54, 1.807) is 12.0 Å². The van der Waals surface area contributed by atoms with Gasteiger partial charge in [0.1, 0.15) is 11.8 Å². The first-order chi connectivity index (χ1) is 13.6. The van der Waals surface area contributed by atoms with Gasteiger partial charge >= 0.3 is 0 Å². The lowest BCUT2D eigenvalue weighted by molar-refractivity contribution is -0.128. The molecular weight excluding hydrogens is 370 g/mol. The van der Waals surface area contributed by atoms with Crippen molar-refractivity contribution in [2.45, 2.75) is 25.4 Å². The molecule has 1 amide bonds. The molecule has 28 heavy (non-hydrogen) atoms. The van der Waals surface area contributed by atoms with Crippen molar-refractivity contribution in [1.29, 1.82) is 0 Å². The number of nitrogens with one attached hydrogen (secondary N) is 1. The summed E-state index contributed by atoms with van der Waals surface area (Å²) in [5.41, 5.74) is 4.52. The number of carbonyl (C=O) groups excluding carboxylic acids is 1. The van der Waals surface area contributed by atoms with Crippen LogP contribution >= 0.6 is 12.2 Å². The molecule has 2 aromatic carbocycles. The molecule has 142 valence electrons. The molecule has 0 spiro atoms. The number of amides is 1. The van der Waals surface area contributed by atoms with E-state index in [-0.39, 0.29) is 18.0 Å². The van der Waals surface area contributed by atoms with Crippen LogP contribution in [0.1, 0.15) is 29.8 Å². The van der Waals surface area contributed by atoms with Crippen molar-refractivity contribution in [3.05, 3.63) is 65.4 Å². The van der Waals surface area contributed by atoms with Crippen LogP contribution in [-0.2, 0) is 11.2 Å². The molecule has 0 bridgehead atoms. The number of methoxy groups -OCH3 is 1. The second-order valence-electron chi connectivity index (χ2n) is 7.23. The number of carbonyl (C=O) groups is 1. The standard InChI is InChI=1S/C22H21N3O2S/c1-3-24-21(26)18-12-16-15-6-4-5-7-17(15)23-19(16)20(25(18)22(24)28)13-8-10-14(27-2)11-9-13/h4-11,18,20,23H,3,12H2,1-2H3/t18-,20-/m0/s1. The Morgan fingerprint density at radius 1 is 1.18 bits per heavy atom. The van der Waals surface area contributed by atoms with Crippen LogP contribution in [0.2, 0.25) is 0 Å². The van der Waals surface area contributed by atoms with Crippen LogP contribution in [0.3, 0.4) is 0 Å². The fraction of sp³-hybridized carbons (Fsp3) is 0.273. The van der Waals surface area contributed by atoms with Crippen LogP contribution in [0.5, 0.6) is 5.75 Å². The lowest BCUT2D eigenvalue weighted by Gasteiger charge is -2.37. The van der Waals surface area contributed by atoms with Crippen LogP contribution < -0.4 is 4.74 Å². The number of likely N-dealkylation sites (N-methyl/N-ethyl adjacent to an activating group) is 1. The summed E-state index contributed by atoms with van der Waals surface area (Å²) < 4.78 is 5.32. The van der Waals surface area contributed by atoms with Gasteiger partial charge in [-0.1, -0.05) is 30.3 Å². The quantitative estimate of drug-likeness (QED) is 0.693. The number of benzene rings is 2. The molecule has 5 rings (SSSR count). The Bertz CT molecular complexity index is 1090. The highest BCUT2D eigenvalue weighted by molar-refractivity contribution is 7.80. The third-order valence-corrected chi connectivity index (χ3v) is 6.31. The molecule has 0 radical (unpaired) electrons. The lowest BCUT2D eigenvalue weighted by atomic mass is 9.89. The summed E-state index contributed by atoms with van der Waals surface area (Å²) in [6.45, 7) is 2.56. The zero-order chi connectivity index (χ0) is 19.4. The number of nitrogens with zero attached hydrogens (tertiary/aromatic N) is 2. The van der Waals surface area contributed by atoms with Gasteiger partial charge in [0.15, 0.2) is 5.11 Å². The number of aromatic nitrogens is 1. The van der Waals surface area contributed by atoms with Gasteiger partial charge in [-0.05, 0) is 48.5 Å². The van der Waals surface area contributed by atoms with Gasteiger partial charge in [-0.3, -0.25) is 9.69 Å². The van der Waals surface area contributed by atoms with Gasteiger partial charge in [0.05, 0.1) is 13.2 Å². The van der Waals surface area contributed by atoms with E-state index in [1.807, 2.05) is 31.2 Å². The molecule has 1 N–H and O–H groups in total. The van der Waals surface area contributed by atoms with E-state index in [4.69, 9.17) is 17.0 Å². The molecule has 2 aliphatic rings. The number of aromatic amines is 1. The van der Waals surface area contributed by atoms with Crippen molar-refractivity contribution in [3.63, 3.8) is 0 Å². The van der Waals surface area contributed by atoms with Crippen molar-refractivity contribution in [2.75, 3.05) is 13.7 Å². The molecule has 6 heteroatoms. The zero-order valence-electron chi connectivity index (χ0n) is 15.8. The fourth-order valence-corrected chi connectivity index (χ4v) is 5.00. The average molecular weight is 391 g/mol. The first-order valence-electron chi connectivity index (χ1n) is 9.51. The molecule has 2 aliphatic heterocycles. The van der Waals surface area contributed by atoms with Gasteiger partial charge in [0.2, 0.25) is 0 Å². The minimum absolute atomic E-state index is 0.0990. The number of hydrogen-bond donors (Lipinski definition) is 1. The number of ether oxygens (including phenoxy) is 1. The average Bonchev–Trinajstić information content (AvgIpc) is 3.21. The van der Waals surface area contributed by atoms with Gasteiger partial charge in [-0.15, -0.1) is 0 Å². The number of thiocarbonyl (C=S) groups is 1. The monoisotopic (exact) mass is 391 g/mol. The van der Waals surface area contributed by atoms with Gasteiger partial charge < -0.3 is 14.6 Å². The molecule has 3 aromatic rings. The van der Waals surface area contributed by atoms with Crippen LogP contribution in [0, 0.1) is 0 Å². The van der Waals surface area contributed by atoms with Crippen molar-refractivity contribution >= 4 is 34.1 Å². The number of H-pyrrole nitrogens is 1. The molecule has 2 atom stereocenters. The molecule has 0 saturated carbocycles. The first kappa shape index (κ1) is 17.3. The number of para-hydroxylation sites is 1. The second kappa shape index (κ2) is 6.34. The van der Waals surface area contributed by atoms with E-state index in [0.717, 1.165) is 22.5 Å². The number of fused-ring (bicyclic) bond motifs is 4. The summed E-state index contributed by atoms with van der Waals surface area (Å²) in [7, 11) is 1.66. The third kappa shape index (κ3) is 2.31. The highest BCUT2D eigenvalue weighted by atomic mass is 32.1. The predicted octanol–water partition coefficient (Wildman–Crippen LogP) is 3.64. The summed E-state index contributed by atoms with van der Waals surface area (Å²) >= 11 is 5.74. The van der Waals surface area contributed by atoms with E-state index in [9.17, 15) is 4.79 Å². The summed E-state index contributed by atoms with van der Waals surface area (Å²) in [6.07, 6.45) is 0.668. The van der Waals surface area contributed by atoms with Crippen molar-refractivity contribution in [2.24, 2.45) is 0 Å². The van der Waals surface area contributed by atoms with E-state index < -0.39 is 0 Å². The minimum Gasteiger partial charge on any atom is -0.497 e. The lowest BCUT2D eigenvalue weighted by Crippen LogP contribution is -2.44. The van der Waals surface area contributed by atoms with Crippen molar-refractivity contribution in [1.82, 2.24) is 14.8 Å². The molecular formula is C22H21N3O2S. The van der Waals surface area contributed by atoms with Crippen molar-refractivity contribution < 1.29 is 9.53 Å². The molecule has 5 nitrogen and oxygen atoms in total. The number of hydrogen-bond acceptors (Lipinski definition) is 3. The van der Waals surface area contributed by atoms with Crippen LogP contribution in [0.4, 0.5) is 0 Å². The van der Waals surface area contributed by atoms with E-state index in [0.29, 0.717) is 18.1 Å². The maximum absolute atomic E-state index is 13.1. The summed E-state index contributed by atoms with van der Waals surface area (Å²) in [4.78, 5) is 20.5. The first-order valence-corrected chi connectivity index (χ1v) is 9.92. The zero-order valence-corrected chi connectivity index (χ0v) is 16.6.